The Morgan fingerprint density at radius 1 is 1.48 bits per heavy atom. The molecule has 1 amide bonds. The van der Waals surface area contributed by atoms with Gasteiger partial charge in [-0.25, -0.2) is 0 Å². The number of carbonyl (C=O) groups is 1. The molecule has 5 heteroatoms. The van der Waals surface area contributed by atoms with Crippen molar-refractivity contribution in [1.29, 1.82) is 0 Å². The Morgan fingerprint density at radius 3 is 2.95 bits per heavy atom. The molecule has 3 heterocycles. The van der Waals surface area contributed by atoms with Gasteiger partial charge in [0.2, 0.25) is 0 Å². The van der Waals surface area contributed by atoms with Crippen molar-refractivity contribution in [3.63, 3.8) is 0 Å². The standard InChI is InChI=1S/C16H21N3OS/c1-10(2)19-9-12(17)8-14(19)16(20)18-6-4-15-13(11(18)3)5-7-21-15/h5,7-11H,4,6,17H2,1-3H3. The summed E-state index contributed by atoms with van der Waals surface area (Å²) in [6, 6.07) is 4.28. The molecule has 0 aliphatic carbocycles. The molecule has 1 aliphatic heterocycles. The maximum Gasteiger partial charge on any atom is 0.271 e. The highest BCUT2D eigenvalue weighted by atomic mass is 32.1. The molecule has 0 radical (unpaired) electrons. The first-order valence-corrected chi connectivity index (χ1v) is 8.21. The number of nitrogens with two attached hydrogens (primary N) is 1. The number of amides is 1. The van der Waals surface area contributed by atoms with E-state index in [0.29, 0.717) is 11.4 Å². The summed E-state index contributed by atoms with van der Waals surface area (Å²) in [5.74, 6) is 0.0738. The van der Waals surface area contributed by atoms with Crippen molar-refractivity contribution < 1.29 is 4.79 Å². The van der Waals surface area contributed by atoms with Crippen LogP contribution in [-0.4, -0.2) is 21.9 Å². The first-order chi connectivity index (χ1) is 9.99. The number of fused-ring (bicyclic) bond motifs is 1. The average molecular weight is 303 g/mol. The zero-order valence-corrected chi connectivity index (χ0v) is 13.5. The van der Waals surface area contributed by atoms with Gasteiger partial charge >= 0.3 is 0 Å². The normalized spacial score (nSPS) is 18.1. The third kappa shape index (κ3) is 2.35. The van der Waals surface area contributed by atoms with E-state index >= 15 is 0 Å². The van der Waals surface area contributed by atoms with Crippen molar-refractivity contribution in [1.82, 2.24) is 9.47 Å². The molecule has 0 saturated heterocycles. The molecule has 1 aliphatic rings. The Kier molecular flexibility index (Phi) is 3.53. The molecule has 0 bridgehead atoms. The summed E-state index contributed by atoms with van der Waals surface area (Å²) in [7, 11) is 0. The van der Waals surface area contributed by atoms with Gasteiger partial charge in [0.25, 0.3) is 5.91 Å². The van der Waals surface area contributed by atoms with Crippen molar-refractivity contribution in [3.05, 3.63) is 39.8 Å². The van der Waals surface area contributed by atoms with E-state index < -0.39 is 0 Å². The highest BCUT2D eigenvalue weighted by Gasteiger charge is 2.30. The largest absolute Gasteiger partial charge is 0.397 e. The highest BCUT2D eigenvalue weighted by molar-refractivity contribution is 7.10. The summed E-state index contributed by atoms with van der Waals surface area (Å²) >= 11 is 1.79. The maximum atomic E-state index is 12.9. The first kappa shape index (κ1) is 14.2. The minimum absolute atomic E-state index is 0.0738. The Bertz CT molecular complexity index is 671. The number of hydrogen-bond donors (Lipinski definition) is 1. The van der Waals surface area contributed by atoms with Crippen LogP contribution in [0.5, 0.6) is 0 Å². The molecule has 2 N–H and O–H groups in total. The SMILES string of the molecule is CC1c2ccsc2CCN1C(=O)c1cc(N)cn1C(C)C. The molecule has 0 aromatic carbocycles. The van der Waals surface area contributed by atoms with Crippen LogP contribution < -0.4 is 5.73 Å². The zero-order chi connectivity index (χ0) is 15.1. The van der Waals surface area contributed by atoms with Gasteiger partial charge in [-0.1, -0.05) is 0 Å². The number of carbonyl (C=O) groups excluding carboxylic acids is 1. The Morgan fingerprint density at radius 2 is 2.24 bits per heavy atom. The molecule has 112 valence electrons. The fraction of sp³-hybridized carbons (Fsp3) is 0.438. The lowest BCUT2D eigenvalue weighted by Gasteiger charge is -2.34. The summed E-state index contributed by atoms with van der Waals surface area (Å²) in [5.41, 5.74) is 8.51. The quantitative estimate of drug-likeness (QED) is 0.923. The molecule has 21 heavy (non-hydrogen) atoms. The van der Waals surface area contributed by atoms with Crippen molar-refractivity contribution in [3.8, 4) is 0 Å². The van der Waals surface area contributed by atoms with Crippen LogP contribution in [0.1, 0.15) is 53.8 Å². The van der Waals surface area contributed by atoms with Crippen LogP contribution in [0.2, 0.25) is 0 Å². The van der Waals surface area contributed by atoms with Gasteiger partial charge in [0.1, 0.15) is 5.69 Å². The highest BCUT2D eigenvalue weighted by Crippen LogP contribution is 2.34. The second-order valence-corrected chi connectivity index (χ2v) is 6.88. The van der Waals surface area contributed by atoms with Gasteiger partial charge in [-0.3, -0.25) is 4.79 Å². The average Bonchev–Trinajstić information content (AvgIpc) is 3.05. The molecule has 0 saturated carbocycles. The van der Waals surface area contributed by atoms with Crippen molar-refractivity contribution in [2.45, 2.75) is 39.3 Å². The smallest absolute Gasteiger partial charge is 0.271 e. The number of nitrogen functional groups attached to an aromatic ring is 1. The van der Waals surface area contributed by atoms with Gasteiger partial charge in [-0.15, -0.1) is 11.3 Å². The summed E-state index contributed by atoms with van der Waals surface area (Å²) in [5, 5.41) is 2.12. The van der Waals surface area contributed by atoms with E-state index in [1.165, 1.54) is 10.4 Å². The number of anilines is 1. The Hall–Kier alpha value is -1.75. The van der Waals surface area contributed by atoms with Gasteiger partial charge in [0.15, 0.2) is 0 Å². The molecule has 1 unspecified atom stereocenters. The van der Waals surface area contributed by atoms with Gasteiger partial charge in [-0.2, -0.15) is 0 Å². The molecule has 1 atom stereocenters. The lowest BCUT2D eigenvalue weighted by atomic mass is 10.0. The fourth-order valence-electron chi connectivity index (χ4n) is 3.03. The van der Waals surface area contributed by atoms with Crippen molar-refractivity contribution in [2.24, 2.45) is 0 Å². The molecular weight excluding hydrogens is 282 g/mol. The molecule has 0 spiro atoms. The lowest BCUT2D eigenvalue weighted by Crippen LogP contribution is -2.39. The van der Waals surface area contributed by atoms with E-state index in [2.05, 4.69) is 32.2 Å². The van der Waals surface area contributed by atoms with Crippen LogP contribution in [0.4, 0.5) is 5.69 Å². The molecule has 3 rings (SSSR count). The summed E-state index contributed by atoms with van der Waals surface area (Å²) in [6.45, 7) is 7.00. The third-order valence-corrected chi connectivity index (χ3v) is 5.18. The van der Waals surface area contributed by atoms with Crippen molar-refractivity contribution >= 4 is 22.9 Å². The summed E-state index contributed by atoms with van der Waals surface area (Å²) < 4.78 is 1.97. The Labute approximate surface area is 129 Å². The van der Waals surface area contributed by atoms with Gasteiger partial charge in [-0.05, 0) is 50.3 Å². The third-order valence-electron chi connectivity index (χ3n) is 4.18. The summed E-state index contributed by atoms with van der Waals surface area (Å²) in [4.78, 5) is 16.3. The predicted molar refractivity (Wildman–Crippen MR) is 86.7 cm³/mol. The van der Waals surface area contributed by atoms with Crippen LogP contribution in [0.3, 0.4) is 0 Å². The van der Waals surface area contributed by atoms with E-state index in [-0.39, 0.29) is 18.0 Å². The van der Waals surface area contributed by atoms with Crippen LogP contribution in [0.25, 0.3) is 0 Å². The molecule has 0 fully saturated rings. The molecule has 4 nitrogen and oxygen atoms in total. The van der Waals surface area contributed by atoms with Crippen molar-refractivity contribution in [2.75, 3.05) is 12.3 Å². The zero-order valence-electron chi connectivity index (χ0n) is 12.7. The predicted octanol–water partition coefficient (Wildman–Crippen LogP) is 3.47. The number of thiophene rings is 1. The van der Waals surface area contributed by atoms with Gasteiger partial charge in [0, 0.05) is 23.7 Å². The van der Waals surface area contributed by atoms with Crippen LogP contribution in [0.15, 0.2) is 23.7 Å². The topological polar surface area (TPSA) is 51.3 Å². The number of rotatable bonds is 2. The second-order valence-electron chi connectivity index (χ2n) is 5.88. The van der Waals surface area contributed by atoms with Crippen LogP contribution >= 0.6 is 11.3 Å². The van der Waals surface area contributed by atoms with Gasteiger partial charge in [0.05, 0.1) is 11.7 Å². The van der Waals surface area contributed by atoms with E-state index in [9.17, 15) is 4.79 Å². The lowest BCUT2D eigenvalue weighted by molar-refractivity contribution is 0.0666. The van der Waals surface area contributed by atoms with Crippen LogP contribution in [0, 0.1) is 0 Å². The number of aromatic nitrogens is 1. The fourth-order valence-corrected chi connectivity index (χ4v) is 4.00. The Balaban J connectivity index is 1.93. The number of hydrogen-bond acceptors (Lipinski definition) is 3. The van der Waals surface area contributed by atoms with E-state index in [1.54, 1.807) is 17.4 Å². The van der Waals surface area contributed by atoms with Gasteiger partial charge < -0.3 is 15.2 Å². The second kappa shape index (κ2) is 5.22. The monoisotopic (exact) mass is 303 g/mol. The van der Waals surface area contributed by atoms with E-state index in [1.807, 2.05) is 15.7 Å². The minimum Gasteiger partial charge on any atom is -0.397 e. The first-order valence-electron chi connectivity index (χ1n) is 7.33. The molecule has 2 aromatic rings. The van der Waals surface area contributed by atoms with E-state index in [0.717, 1.165) is 13.0 Å². The maximum absolute atomic E-state index is 12.9. The molecule has 2 aromatic heterocycles. The van der Waals surface area contributed by atoms with E-state index in [4.69, 9.17) is 5.73 Å². The molecular formula is C16H21N3OS. The number of nitrogens with zero attached hydrogens (tertiary/aromatic N) is 2. The van der Waals surface area contributed by atoms with Crippen LogP contribution in [-0.2, 0) is 6.42 Å². The summed E-state index contributed by atoms with van der Waals surface area (Å²) in [6.07, 6.45) is 2.80. The minimum atomic E-state index is 0.0738.